The van der Waals surface area contributed by atoms with Crippen molar-refractivity contribution in [1.82, 2.24) is 9.78 Å². The molecular weight excluding hydrogens is 173 g/mol. The fraction of sp³-hybridized carbons (Fsp3) is 0.500. The van der Waals surface area contributed by atoms with Crippen molar-refractivity contribution in [3.63, 3.8) is 0 Å². The van der Waals surface area contributed by atoms with Crippen molar-refractivity contribution in [3.05, 3.63) is 17.5 Å². The highest BCUT2D eigenvalue weighted by Crippen LogP contribution is 2.31. The molecule has 0 amide bonds. The van der Waals surface area contributed by atoms with Crippen LogP contribution < -0.4 is 0 Å². The van der Waals surface area contributed by atoms with Crippen molar-refractivity contribution >= 4 is 0 Å². The van der Waals surface area contributed by atoms with Crippen LogP contribution in [0.1, 0.15) is 11.3 Å². The molecule has 6 heteroatoms. The minimum absolute atomic E-state index is 0.220. The van der Waals surface area contributed by atoms with E-state index in [1.54, 1.807) is 0 Å². The summed E-state index contributed by atoms with van der Waals surface area (Å²) in [5.74, 6) is 0. The predicted octanol–water partition coefficient (Wildman–Crippen LogP) is 0.931. The minimum Gasteiger partial charge on any atom is -0.390 e. The molecule has 1 rings (SSSR count). The van der Waals surface area contributed by atoms with E-state index in [1.165, 1.54) is 7.05 Å². The van der Waals surface area contributed by atoms with E-state index in [4.69, 9.17) is 5.11 Å². The molecule has 0 aliphatic heterocycles. The summed E-state index contributed by atoms with van der Waals surface area (Å²) in [6, 6.07) is 0. The van der Waals surface area contributed by atoms with Crippen molar-refractivity contribution in [3.8, 4) is 0 Å². The van der Waals surface area contributed by atoms with Crippen molar-refractivity contribution in [2.24, 2.45) is 7.05 Å². The molecule has 68 valence electrons. The summed E-state index contributed by atoms with van der Waals surface area (Å²) in [5.41, 5.74) is -1.10. The van der Waals surface area contributed by atoms with Gasteiger partial charge in [-0.1, -0.05) is 0 Å². The quantitative estimate of drug-likeness (QED) is 0.698. The van der Waals surface area contributed by atoms with E-state index in [1.807, 2.05) is 0 Å². The topological polar surface area (TPSA) is 38.0 Å². The summed E-state index contributed by atoms with van der Waals surface area (Å²) in [7, 11) is 1.35. The Morgan fingerprint density at radius 1 is 1.58 bits per heavy atom. The lowest BCUT2D eigenvalue weighted by Gasteiger charge is -2.05. The van der Waals surface area contributed by atoms with Crippen molar-refractivity contribution in [1.29, 1.82) is 0 Å². The normalized spacial score (nSPS) is 12.1. The largest absolute Gasteiger partial charge is 0.419 e. The van der Waals surface area contributed by atoms with Gasteiger partial charge >= 0.3 is 6.18 Å². The van der Waals surface area contributed by atoms with Crippen LogP contribution in [0.3, 0.4) is 0 Å². The molecule has 0 fully saturated rings. The Kier molecular flexibility index (Phi) is 2.10. The average Bonchev–Trinajstić information content (AvgIpc) is 2.29. The number of aromatic nitrogens is 2. The van der Waals surface area contributed by atoms with Crippen LogP contribution in [0.15, 0.2) is 6.20 Å². The lowest BCUT2D eigenvalue weighted by molar-refractivity contribution is -0.138. The Morgan fingerprint density at radius 3 is 2.50 bits per heavy atom. The second-order valence-electron chi connectivity index (χ2n) is 2.28. The lowest BCUT2D eigenvalue weighted by Crippen LogP contribution is -2.09. The van der Waals surface area contributed by atoms with Gasteiger partial charge in [0.25, 0.3) is 0 Å². The maximum atomic E-state index is 12.1. The van der Waals surface area contributed by atoms with Gasteiger partial charge in [-0.15, -0.1) is 0 Å². The molecule has 0 unspecified atom stereocenters. The first-order chi connectivity index (χ1) is 5.46. The van der Waals surface area contributed by atoms with Crippen LogP contribution in [0.5, 0.6) is 0 Å². The highest BCUT2D eigenvalue weighted by molar-refractivity contribution is 5.20. The molecule has 0 bridgehead atoms. The van der Waals surface area contributed by atoms with Crippen LogP contribution in [0.2, 0.25) is 0 Å². The van der Waals surface area contributed by atoms with E-state index in [0.29, 0.717) is 6.20 Å². The number of aryl methyl sites for hydroxylation is 1. The van der Waals surface area contributed by atoms with Gasteiger partial charge < -0.3 is 5.11 Å². The number of nitrogens with zero attached hydrogens (tertiary/aromatic N) is 2. The molecular formula is C6H7F3N2O. The zero-order chi connectivity index (χ0) is 9.35. The van der Waals surface area contributed by atoms with Gasteiger partial charge in [0.2, 0.25) is 0 Å². The van der Waals surface area contributed by atoms with Gasteiger partial charge in [-0.2, -0.15) is 18.3 Å². The molecule has 3 nitrogen and oxygen atoms in total. The molecule has 1 aromatic heterocycles. The molecule has 0 saturated carbocycles. The monoisotopic (exact) mass is 180 g/mol. The van der Waals surface area contributed by atoms with Crippen LogP contribution in [-0.4, -0.2) is 14.9 Å². The first-order valence-corrected chi connectivity index (χ1v) is 3.15. The number of aliphatic hydroxyl groups excluding tert-OH is 1. The number of halogens is 3. The third kappa shape index (κ3) is 1.42. The summed E-state index contributed by atoms with van der Waals surface area (Å²) in [4.78, 5) is 0. The molecule has 0 aliphatic rings. The van der Waals surface area contributed by atoms with Gasteiger partial charge in [0.15, 0.2) is 0 Å². The SMILES string of the molecule is Cn1ncc(C(F)(F)F)c1CO. The molecule has 0 spiro atoms. The van der Waals surface area contributed by atoms with Crippen molar-refractivity contribution < 1.29 is 18.3 Å². The Hall–Kier alpha value is -1.04. The number of rotatable bonds is 1. The summed E-state index contributed by atoms with van der Waals surface area (Å²) in [6.07, 6.45) is -3.74. The maximum absolute atomic E-state index is 12.1. The lowest BCUT2D eigenvalue weighted by atomic mass is 10.2. The summed E-state index contributed by atoms with van der Waals surface area (Å²) >= 11 is 0. The fourth-order valence-corrected chi connectivity index (χ4v) is 0.887. The highest BCUT2D eigenvalue weighted by Gasteiger charge is 2.35. The second-order valence-corrected chi connectivity index (χ2v) is 2.28. The van der Waals surface area contributed by atoms with Crippen LogP contribution in [0, 0.1) is 0 Å². The molecule has 1 aromatic rings. The van der Waals surface area contributed by atoms with Crippen molar-refractivity contribution in [2.75, 3.05) is 0 Å². The fourth-order valence-electron chi connectivity index (χ4n) is 0.887. The van der Waals surface area contributed by atoms with Crippen LogP contribution in [-0.2, 0) is 19.8 Å². The van der Waals surface area contributed by atoms with Gasteiger partial charge in [0.1, 0.15) is 0 Å². The van der Waals surface area contributed by atoms with E-state index >= 15 is 0 Å². The van der Waals surface area contributed by atoms with E-state index in [-0.39, 0.29) is 5.69 Å². The van der Waals surface area contributed by atoms with E-state index in [9.17, 15) is 13.2 Å². The van der Waals surface area contributed by atoms with E-state index < -0.39 is 18.3 Å². The zero-order valence-electron chi connectivity index (χ0n) is 6.26. The summed E-state index contributed by atoms with van der Waals surface area (Å²) in [6.45, 7) is -0.661. The van der Waals surface area contributed by atoms with Gasteiger partial charge in [0, 0.05) is 7.05 Å². The smallest absolute Gasteiger partial charge is 0.390 e. The van der Waals surface area contributed by atoms with Crippen LogP contribution in [0.4, 0.5) is 13.2 Å². The Balaban J connectivity index is 3.16. The van der Waals surface area contributed by atoms with E-state index in [0.717, 1.165) is 4.68 Å². The minimum atomic E-state index is -4.44. The number of aliphatic hydroxyl groups is 1. The number of hydrogen-bond acceptors (Lipinski definition) is 2. The van der Waals surface area contributed by atoms with Crippen molar-refractivity contribution in [2.45, 2.75) is 12.8 Å². The Labute approximate surface area is 66.4 Å². The first kappa shape index (κ1) is 9.05. The second kappa shape index (κ2) is 2.78. The summed E-state index contributed by atoms with van der Waals surface area (Å²) in [5, 5.41) is 12.0. The van der Waals surface area contributed by atoms with Crippen LogP contribution in [0.25, 0.3) is 0 Å². The molecule has 0 atom stereocenters. The van der Waals surface area contributed by atoms with Gasteiger partial charge in [-0.25, -0.2) is 0 Å². The third-order valence-electron chi connectivity index (χ3n) is 1.52. The number of alkyl halides is 3. The summed E-state index contributed by atoms with van der Waals surface area (Å²) < 4.78 is 37.3. The Bertz CT molecular complexity index is 279. The first-order valence-electron chi connectivity index (χ1n) is 3.15. The maximum Gasteiger partial charge on any atom is 0.419 e. The van der Waals surface area contributed by atoms with Crippen LogP contribution >= 0.6 is 0 Å². The van der Waals surface area contributed by atoms with E-state index in [2.05, 4.69) is 5.10 Å². The number of hydrogen-bond donors (Lipinski definition) is 1. The molecule has 0 aromatic carbocycles. The third-order valence-corrected chi connectivity index (χ3v) is 1.52. The molecule has 1 N–H and O–H groups in total. The average molecular weight is 180 g/mol. The zero-order valence-corrected chi connectivity index (χ0v) is 6.26. The van der Waals surface area contributed by atoms with Gasteiger partial charge in [-0.3, -0.25) is 4.68 Å². The van der Waals surface area contributed by atoms with Gasteiger partial charge in [-0.05, 0) is 0 Å². The molecule has 0 saturated heterocycles. The molecule has 0 radical (unpaired) electrons. The van der Waals surface area contributed by atoms with Gasteiger partial charge in [0.05, 0.1) is 24.1 Å². The standard InChI is InChI=1S/C6H7F3N2O/c1-11-5(3-12)4(2-10-11)6(7,8)9/h2,12H,3H2,1H3. The highest BCUT2D eigenvalue weighted by atomic mass is 19.4. The predicted molar refractivity (Wildman–Crippen MR) is 34.1 cm³/mol. The Morgan fingerprint density at radius 2 is 2.17 bits per heavy atom. The molecule has 12 heavy (non-hydrogen) atoms. The molecule has 0 aliphatic carbocycles. The molecule has 1 heterocycles.